The molecule has 2 N–H and O–H groups in total. The first kappa shape index (κ1) is 19.5. The fourth-order valence-corrected chi connectivity index (χ4v) is 3.70. The Morgan fingerprint density at radius 1 is 1.30 bits per heavy atom. The second-order valence-electron chi connectivity index (χ2n) is 6.63. The first-order chi connectivity index (χ1) is 13.2. The number of para-hydroxylation sites is 2. The van der Waals surface area contributed by atoms with E-state index in [2.05, 4.69) is 22.5 Å². The fraction of sp³-hybridized carbons (Fsp3) is 0.526. The second-order valence-corrected chi connectivity index (χ2v) is 7.62. The van der Waals surface area contributed by atoms with Gasteiger partial charge in [-0.1, -0.05) is 25.5 Å². The number of unbranched alkanes of at least 4 members (excludes halogenated alkanes) is 1. The van der Waals surface area contributed by atoms with Gasteiger partial charge in [-0.25, -0.2) is 9.78 Å². The van der Waals surface area contributed by atoms with Gasteiger partial charge in [0.25, 0.3) is 0 Å². The molecule has 0 bridgehead atoms. The molecule has 2 aromatic rings. The van der Waals surface area contributed by atoms with Crippen molar-refractivity contribution in [1.82, 2.24) is 20.2 Å². The number of rotatable bonds is 8. The molecule has 1 aromatic carbocycles. The smallest absolute Gasteiger partial charge is 0.324 e. The molecule has 1 aromatic heterocycles. The van der Waals surface area contributed by atoms with E-state index in [1.807, 2.05) is 35.1 Å². The summed E-state index contributed by atoms with van der Waals surface area (Å²) in [5.41, 5.74) is 1.90. The number of urea groups is 1. The Labute approximate surface area is 163 Å². The van der Waals surface area contributed by atoms with Crippen LogP contribution in [0.3, 0.4) is 0 Å². The van der Waals surface area contributed by atoms with Gasteiger partial charge < -0.3 is 15.2 Å². The van der Waals surface area contributed by atoms with Crippen LogP contribution in [0.5, 0.6) is 0 Å². The number of nitrogens with one attached hydrogen (secondary N) is 2. The van der Waals surface area contributed by atoms with E-state index in [1.165, 1.54) is 0 Å². The lowest BCUT2D eigenvalue weighted by Crippen LogP contribution is -2.51. The number of carbonyl (C=O) groups excluding carboxylic acids is 2. The second kappa shape index (κ2) is 9.12. The van der Waals surface area contributed by atoms with Crippen LogP contribution >= 0.6 is 11.8 Å². The maximum absolute atomic E-state index is 12.9. The molecule has 0 fully saturated rings. The molecule has 3 rings (SSSR count). The Kier molecular flexibility index (Phi) is 6.60. The summed E-state index contributed by atoms with van der Waals surface area (Å²) < 4.78 is 2.05. The molecule has 1 atom stereocenters. The van der Waals surface area contributed by atoms with E-state index >= 15 is 0 Å². The summed E-state index contributed by atoms with van der Waals surface area (Å²) in [4.78, 5) is 31.6. The highest BCUT2D eigenvalue weighted by atomic mass is 32.2. The van der Waals surface area contributed by atoms with E-state index in [4.69, 9.17) is 0 Å². The Morgan fingerprint density at radius 2 is 2.11 bits per heavy atom. The van der Waals surface area contributed by atoms with Crippen molar-refractivity contribution in [1.29, 1.82) is 0 Å². The van der Waals surface area contributed by atoms with Gasteiger partial charge in [-0.05, 0) is 37.0 Å². The zero-order valence-electron chi connectivity index (χ0n) is 15.9. The number of hydrogen-bond acceptors (Lipinski definition) is 4. The monoisotopic (exact) mass is 389 g/mol. The lowest BCUT2D eigenvalue weighted by atomic mass is 10.2. The molecule has 7 nitrogen and oxygen atoms in total. The molecule has 1 aliphatic heterocycles. The Bertz CT molecular complexity index is 806. The van der Waals surface area contributed by atoms with Gasteiger partial charge in [0.15, 0.2) is 0 Å². The largest absolute Gasteiger partial charge is 0.354 e. The van der Waals surface area contributed by atoms with E-state index in [9.17, 15) is 9.59 Å². The van der Waals surface area contributed by atoms with Crippen molar-refractivity contribution in [3.63, 3.8) is 0 Å². The average Bonchev–Trinajstić information content (AvgIpc) is 3.24. The molecule has 1 aliphatic rings. The van der Waals surface area contributed by atoms with Crippen LogP contribution in [0.15, 0.2) is 24.3 Å². The van der Waals surface area contributed by atoms with Crippen molar-refractivity contribution in [3.05, 3.63) is 24.3 Å². The Morgan fingerprint density at radius 3 is 2.89 bits per heavy atom. The molecule has 27 heavy (non-hydrogen) atoms. The highest BCUT2D eigenvalue weighted by Crippen LogP contribution is 2.27. The van der Waals surface area contributed by atoms with Gasteiger partial charge in [-0.3, -0.25) is 9.69 Å². The Balaban J connectivity index is 1.70. The number of thioether (sulfide) groups is 1. The maximum atomic E-state index is 12.9. The number of imidazole rings is 1. The van der Waals surface area contributed by atoms with Crippen molar-refractivity contribution in [2.75, 3.05) is 30.0 Å². The summed E-state index contributed by atoms with van der Waals surface area (Å²) in [5, 5.41) is 5.84. The van der Waals surface area contributed by atoms with Crippen LogP contribution in [0.2, 0.25) is 0 Å². The zero-order valence-corrected chi connectivity index (χ0v) is 16.7. The van der Waals surface area contributed by atoms with Gasteiger partial charge in [0, 0.05) is 19.6 Å². The van der Waals surface area contributed by atoms with Crippen LogP contribution in [0.4, 0.5) is 10.7 Å². The van der Waals surface area contributed by atoms with Crippen molar-refractivity contribution in [3.8, 4) is 0 Å². The minimum atomic E-state index is -0.528. The molecule has 0 spiro atoms. The first-order valence-electron chi connectivity index (χ1n) is 9.45. The number of benzene rings is 1. The first-order valence-corrected chi connectivity index (χ1v) is 10.8. The maximum Gasteiger partial charge on any atom is 0.324 e. The third-order valence-electron chi connectivity index (χ3n) is 4.72. The van der Waals surface area contributed by atoms with E-state index < -0.39 is 6.04 Å². The molecule has 0 saturated carbocycles. The summed E-state index contributed by atoms with van der Waals surface area (Å²) in [7, 11) is 0. The van der Waals surface area contributed by atoms with Gasteiger partial charge in [0.05, 0.1) is 11.0 Å². The van der Waals surface area contributed by atoms with E-state index in [1.54, 1.807) is 16.7 Å². The van der Waals surface area contributed by atoms with Crippen molar-refractivity contribution in [2.24, 2.45) is 0 Å². The third-order valence-corrected chi connectivity index (χ3v) is 5.37. The van der Waals surface area contributed by atoms with Crippen LogP contribution < -0.4 is 15.5 Å². The molecule has 3 amide bonds. The topological polar surface area (TPSA) is 79.3 Å². The van der Waals surface area contributed by atoms with Gasteiger partial charge in [-0.15, -0.1) is 0 Å². The van der Waals surface area contributed by atoms with Gasteiger partial charge in [-0.2, -0.15) is 11.8 Å². The van der Waals surface area contributed by atoms with Crippen molar-refractivity contribution in [2.45, 2.75) is 38.8 Å². The van der Waals surface area contributed by atoms with Crippen LogP contribution in [-0.4, -0.2) is 52.6 Å². The van der Waals surface area contributed by atoms with Crippen LogP contribution in [0, 0.1) is 0 Å². The summed E-state index contributed by atoms with van der Waals surface area (Å²) in [6.07, 6.45) is 4.56. The van der Waals surface area contributed by atoms with Crippen LogP contribution in [0.1, 0.15) is 26.2 Å². The third kappa shape index (κ3) is 4.37. The molecular weight excluding hydrogens is 362 g/mol. The minimum Gasteiger partial charge on any atom is -0.354 e. The summed E-state index contributed by atoms with van der Waals surface area (Å²) in [5.74, 6) is 1.34. The van der Waals surface area contributed by atoms with Gasteiger partial charge in [0.1, 0.15) is 6.04 Å². The molecule has 0 aliphatic carbocycles. The highest BCUT2D eigenvalue weighted by Gasteiger charge is 2.30. The lowest BCUT2D eigenvalue weighted by molar-refractivity contribution is -0.122. The number of nitrogens with zero attached hydrogens (tertiary/aromatic N) is 3. The summed E-state index contributed by atoms with van der Waals surface area (Å²) in [6.45, 7) is 3.99. The molecule has 1 unspecified atom stereocenters. The van der Waals surface area contributed by atoms with Gasteiger partial charge >= 0.3 is 6.03 Å². The average molecular weight is 390 g/mol. The number of fused-ring (bicyclic) bond motifs is 3. The standard InChI is InChI=1S/C19H27N5O2S/c1-3-4-10-20-17(25)15(9-13-27-2)22-19(26)24-12-11-23-16-8-6-5-7-14(16)21-18(23)24/h5-8,15H,3-4,9-13H2,1-2H3,(H,20,25)(H,22,26). The lowest BCUT2D eigenvalue weighted by Gasteiger charge is -2.22. The molecular formula is C19H27N5O2S. The predicted molar refractivity (Wildman–Crippen MR) is 110 cm³/mol. The molecule has 0 saturated heterocycles. The van der Waals surface area contributed by atoms with E-state index in [0.29, 0.717) is 32.0 Å². The molecule has 2 heterocycles. The SMILES string of the molecule is CCCCNC(=O)C(CCSC)NC(=O)N1CCn2c1nc1ccccc12. The van der Waals surface area contributed by atoms with E-state index in [0.717, 1.165) is 29.6 Å². The molecule has 0 radical (unpaired) electrons. The van der Waals surface area contributed by atoms with Gasteiger partial charge in [0.2, 0.25) is 11.9 Å². The number of carbonyl (C=O) groups is 2. The van der Waals surface area contributed by atoms with E-state index in [-0.39, 0.29) is 11.9 Å². The minimum absolute atomic E-state index is 0.112. The predicted octanol–water partition coefficient (Wildman–Crippen LogP) is 2.60. The van der Waals surface area contributed by atoms with Crippen molar-refractivity contribution >= 4 is 40.7 Å². The number of aromatic nitrogens is 2. The van der Waals surface area contributed by atoms with Crippen LogP contribution in [0.25, 0.3) is 11.0 Å². The number of amides is 3. The van der Waals surface area contributed by atoms with Crippen LogP contribution in [-0.2, 0) is 11.3 Å². The normalized spacial score (nSPS) is 14.2. The fourth-order valence-electron chi connectivity index (χ4n) is 3.22. The highest BCUT2D eigenvalue weighted by molar-refractivity contribution is 7.98. The quantitative estimate of drug-likeness (QED) is 0.680. The number of hydrogen-bond donors (Lipinski definition) is 2. The molecule has 8 heteroatoms. The molecule has 146 valence electrons. The summed E-state index contributed by atoms with van der Waals surface area (Å²) >= 11 is 1.67. The zero-order chi connectivity index (χ0) is 19.2. The number of anilines is 1. The Hall–Kier alpha value is -2.22. The summed E-state index contributed by atoms with van der Waals surface area (Å²) in [6, 6.07) is 7.07. The van der Waals surface area contributed by atoms with Crippen molar-refractivity contribution < 1.29 is 9.59 Å².